The standard InChI is InChI=1S/C18H21N3/c1-13-15-6-4-5-14-9-11-21(18(14)15)17-8-3-2-7-16(17)20(13)12-10-19/h2-8,13H,9-12,19H2,1H3. The van der Waals surface area contributed by atoms with Crippen LogP contribution in [-0.4, -0.2) is 19.6 Å². The minimum atomic E-state index is 0.354. The number of anilines is 3. The summed E-state index contributed by atoms with van der Waals surface area (Å²) in [5.41, 5.74) is 12.8. The zero-order valence-corrected chi connectivity index (χ0v) is 12.4. The van der Waals surface area contributed by atoms with E-state index in [2.05, 4.69) is 59.2 Å². The summed E-state index contributed by atoms with van der Waals surface area (Å²) in [6.45, 7) is 4.93. The molecule has 2 aromatic carbocycles. The Kier molecular flexibility index (Phi) is 2.89. The topological polar surface area (TPSA) is 32.5 Å². The van der Waals surface area contributed by atoms with E-state index in [0.29, 0.717) is 12.6 Å². The molecule has 0 spiro atoms. The maximum atomic E-state index is 5.87. The minimum absolute atomic E-state index is 0.354. The fourth-order valence-corrected chi connectivity index (χ4v) is 3.83. The van der Waals surface area contributed by atoms with Gasteiger partial charge in [-0.3, -0.25) is 0 Å². The second-order valence-electron chi connectivity index (χ2n) is 5.90. The summed E-state index contributed by atoms with van der Waals surface area (Å²) in [4.78, 5) is 4.94. The van der Waals surface area contributed by atoms with Crippen LogP contribution in [0.1, 0.15) is 24.1 Å². The van der Waals surface area contributed by atoms with Gasteiger partial charge in [0.25, 0.3) is 0 Å². The molecule has 0 amide bonds. The summed E-state index contributed by atoms with van der Waals surface area (Å²) in [7, 11) is 0. The molecule has 2 aromatic rings. The number of fused-ring (bicyclic) bond motifs is 2. The lowest BCUT2D eigenvalue weighted by Crippen LogP contribution is -2.31. The van der Waals surface area contributed by atoms with Crippen LogP contribution in [0.25, 0.3) is 0 Å². The third-order valence-electron chi connectivity index (χ3n) is 4.80. The van der Waals surface area contributed by atoms with E-state index < -0.39 is 0 Å². The van der Waals surface area contributed by atoms with Crippen molar-refractivity contribution in [2.45, 2.75) is 19.4 Å². The van der Waals surface area contributed by atoms with Crippen LogP contribution in [0, 0.1) is 0 Å². The van der Waals surface area contributed by atoms with Crippen molar-refractivity contribution in [1.29, 1.82) is 0 Å². The molecule has 0 saturated carbocycles. The lowest BCUT2D eigenvalue weighted by molar-refractivity contribution is 0.677. The molecule has 21 heavy (non-hydrogen) atoms. The van der Waals surface area contributed by atoms with Crippen molar-refractivity contribution in [3.05, 3.63) is 53.6 Å². The molecule has 3 nitrogen and oxygen atoms in total. The maximum absolute atomic E-state index is 5.87. The first kappa shape index (κ1) is 12.7. The van der Waals surface area contributed by atoms with Gasteiger partial charge in [-0.05, 0) is 36.6 Å². The lowest BCUT2D eigenvalue weighted by atomic mass is 10.0. The van der Waals surface area contributed by atoms with Crippen molar-refractivity contribution >= 4 is 17.1 Å². The molecule has 1 atom stereocenters. The van der Waals surface area contributed by atoms with Crippen LogP contribution < -0.4 is 15.5 Å². The second-order valence-corrected chi connectivity index (χ2v) is 5.90. The van der Waals surface area contributed by atoms with Crippen molar-refractivity contribution in [3.8, 4) is 0 Å². The van der Waals surface area contributed by atoms with Gasteiger partial charge >= 0.3 is 0 Å². The van der Waals surface area contributed by atoms with Gasteiger partial charge in [-0.1, -0.05) is 30.3 Å². The quantitative estimate of drug-likeness (QED) is 0.916. The van der Waals surface area contributed by atoms with Gasteiger partial charge in [-0.2, -0.15) is 0 Å². The van der Waals surface area contributed by atoms with Crippen LogP contribution in [-0.2, 0) is 6.42 Å². The van der Waals surface area contributed by atoms with Gasteiger partial charge in [0.15, 0.2) is 0 Å². The first-order valence-corrected chi connectivity index (χ1v) is 7.76. The highest BCUT2D eigenvalue weighted by Gasteiger charge is 2.33. The Balaban J connectivity index is 1.98. The Morgan fingerprint density at radius 1 is 1.10 bits per heavy atom. The van der Waals surface area contributed by atoms with Crippen molar-refractivity contribution in [2.24, 2.45) is 5.73 Å². The Morgan fingerprint density at radius 2 is 1.90 bits per heavy atom. The first-order valence-electron chi connectivity index (χ1n) is 7.76. The number of rotatable bonds is 2. The monoisotopic (exact) mass is 279 g/mol. The molecule has 0 aliphatic carbocycles. The molecule has 2 aliphatic rings. The molecule has 1 unspecified atom stereocenters. The van der Waals surface area contributed by atoms with Crippen LogP contribution in [0.2, 0.25) is 0 Å². The highest BCUT2D eigenvalue weighted by atomic mass is 15.3. The van der Waals surface area contributed by atoms with E-state index in [1.807, 2.05) is 0 Å². The van der Waals surface area contributed by atoms with E-state index in [9.17, 15) is 0 Å². The zero-order valence-electron chi connectivity index (χ0n) is 12.4. The normalized spacial score (nSPS) is 19.2. The molecule has 108 valence electrons. The molecule has 2 N–H and O–H groups in total. The fourth-order valence-electron chi connectivity index (χ4n) is 3.83. The summed E-state index contributed by atoms with van der Waals surface area (Å²) in [6, 6.07) is 15.8. The van der Waals surface area contributed by atoms with Gasteiger partial charge in [0.05, 0.1) is 17.4 Å². The molecule has 0 aromatic heterocycles. The first-order chi connectivity index (χ1) is 10.3. The smallest absolute Gasteiger partial charge is 0.0649 e. The number of benzene rings is 2. The molecule has 0 bridgehead atoms. The van der Waals surface area contributed by atoms with E-state index in [1.54, 1.807) is 0 Å². The van der Waals surface area contributed by atoms with Gasteiger partial charge in [-0.15, -0.1) is 0 Å². The maximum Gasteiger partial charge on any atom is 0.0649 e. The van der Waals surface area contributed by atoms with Crippen LogP contribution in [0.3, 0.4) is 0 Å². The van der Waals surface area contributed by atoms with Gasteiger partial charge in [0.1, 0.15) is 0 Å². The molecular formula is C18H21N3. The molecule has 0 radical (unpaired) electrons. The van der Waals surface area contributed by atoms with Crippen molar-refractivity contribution < 1.29 is 0 Å². The summed E-state index contributed by atoms with van der Waals surface area (Å²) in [5, 5.41) is 0. The van der Waals surface area contributed by atoms with Crippen LogP contribution >= 0.6 is 0 Å². The molecule has 4 rings (SSSR count). The van der Waals surface area contributed by atoms with E-state index in [0.717, 1.165) is 19.5 Å². The average Bonchev–Trinajstić information content (AvgIpc) is 2.92. The zero-order chi connectivity index (χ0) is 14.4. The highest BCUT2D eigenvalue weighted by molar-refractivity contribution is 5.84. The van der Waals surface area contributed by atoms with E-state index in [1.165, 1.54) is 28.2 Å². The van der Waals surface area contributed by atoms with Crippen LogP contribution in [0.4, 0.5) is 17.1 Å². The van der Waals surface area contributed by atoms with Crippen molar-refractivity contribution in [3.63, 3.8) is 0 Å². The molecule has 3 heteroatoms. The Hall–Kier alpha value is -2.00. The van der Waals surface area contributed by atoms with Gasteiger partial charge in [0, 0.05) is 25.3 Å². The largest absolute Gasteiger partial charge is 0.362 e. The van der Waals surface area contributed by atoms with E-state index in [4.69, 9.17) is 5.73 Å². The molecular weight excluding hydrogens is 258 g/mol. The SMILES string of the molecule is CC1c2cccc3c2N(CC3)c2ccccc2N1CCN. The fraction of sp³-hybridized carbons (Fsp3) is 0.333. The minimum Gasteiger partial charge on any atom is -0.362 e. The van der Waals surface area contributed by atoms with Crippen LogP contribution in [0.5, 0.6) is 0 Å². The van der Waals surface area contributed by atoms with Gasteiger partial charge < -0.3 is 15.5 Å². The van der Waals surface area contributed by atoms with Crippen LogP contribution in [0.15, 0.2) is 42.5 Å². The number of hydrogen-bond acceptors (Lipinski definition) is 3. The number of nitrogens with zero attached hydrogens (tertiary/aromatic N) is 2. The summed E-state index contributed by atoms with van der Waals surface area (Å²) >= 11 is 0. The highest BCUT2D eigenvalue weighted by Crippen LogP contribution is 2.48. The number of nitrogens with two attached hydrogens (primary N) is 1. The summed E-state index contributed by atoms with van der Waals surface area (Å²) < 4.78 is 0. The van der Waals surface area contributed by atoms with Gasteiger partial charge in [0.2, 0.25) is 0 Å². The third kappa shape index (κ3) is 1.77. The average molecular weight is 279 g/mol. The van der Waals surface area contributed by atoms with E-state index >= 15 is 0 Å². The Morgan fingerprint density at radius 3 is 2.71 bits per heavy atom. The molecule has 2 aliphatic heterocycles. The van der Waals surface area contributed by atoms with Gasteiger partial charge in [-0.25, -0.2) is 0 Å². The van der Waals surface area contributed by atoms with E-state index in [-0.39, 0.29) is 0 Å². The van der Waals surface area contributed by atoms with Crippen molar-refractivity contribution in [1.82, 2.24) is 0 Å². The molecule has 0 fully saturated rings. The van der Waals surface area contributed by atoms with Crippen molar-refractivity contribution in [2.75, 3.05) is 29.4 Å². The summed E-state index contributed by atoms with van der Waals surface area (Å²) in [6.07, 6.45) is 1.14. The third-order valence-corrected chi connectivity index (χ3v) is 4.80. The predicted molar refractivity (Wildman–Crippen MR) is 88.4 cm³/mol. The Labute approximate surface area is 126 Å². The lowest BCUT2D eigenvalue weighted by Gasteiger charge is -2.31. The number of hydrogen-bond donors (Lipinski definition) is 1. The predicted octanol–water partition coefficient (Wildman–Crippen LogP) is 3.22. The molecule has 0 saturated heterocycles. The Bertz CT molecular complexity index is 680. The summed E-state index contributed by atoms with van der Waals surface area (Å²) in [5.74, 6) is 0. The molecule has 2 heterocycles. The number of para-hydroxylation sites is 3. The second kappa shape index (κ2) is 4.78.